The van der Waals surface area contributed by atoms with Crippen LogP contribution >= 0.6 is 11.6 Å². The third kappa shape index (κ3) is 3.98. The summed E-state index contributed by atoms with van der Waals surface area (Å²) in [4.78, 5) is 14.0. The van der Waals surface area contributed by atoms with E-state index in [1.54, 1.807) is 12.1 Å². The minimum Gasteiger partial charge on any atom is -0.480 e. The van der Waals surface area contributed by atoms with E-state index in [-0.39, 0.29) is 25.4 Å². The number of piperazine rings is 1. The molecule has 0 spiro atoms. The van der Waals surface area contributed by atoms with Gasteiger partial charge in [0, 0.05) is 42.8 Å². The summed E-state index contributed by atoms with van der Waals surface area (Å²) in [6.45, 7) is 1.60. The predicted molar refractivity (Wildman–Crippen MR) is 111 cm³/mol. The van der Waals surface area contributed by atoms with E-state index in [1.165, 1.54) is 4.31 Å². The second-order valence-corrected chi connectivity index (χ2v) is 9.52. The number of halogens is 1. The van der Waals surface area contributed by atoms with E-state index in [0.29, 0.717) is 18.1 Å². The van der Waals surface area contributed by atoms with E-state index in [0.717, 1.165) is 11.3 Å². The molecule has 154 valence electrons. The Kier molecular flexibility index (Phi) is 5.29. The second-order valence-electron chi connectivity index (χ2n) is 7.41. The maximum absolute atomic E-state index is 12.9. The predicted octanol–water partition coefficient (Wildman–Crippen LogP) is 2.31. The number of rotatable bonds is 6. The number of benzene rings is 2. The van der Waals surface area contributed by atoms with Crippen LogP contribution in [0.15, 0.2) is 54.6 Å². The van der Waals surface area contributed by atoms with Gasteiger partial charge in [0.25, 0.3) is 10.2 Å². The van der Waals surface area contributed by atoms with Crippen molar-refractivity contribution in [3.8, 4) is 0 Å². The van der Waals surface area contributed by atoms with E-state index in [9.17, 15) is 18.3 Å². The Morgan fingerprint density at radius 3 is 2.24 bits per heavy atom. The van der Waals surface area contributed by atoms with Gasteiger partial charge < -0.3 is 10.0 Å². The van der Waals surface area contributed by atoms with Gasteiger partial charge in [-0.3, -0.25) is 4.79 Å². The average Bonchev–Trinajstić information content (AvgIpc) is 3.44. The van der Waals surface area contributed by atoms with Crippen LogP contribution in [-0.4, -0.2) is 55.5 Å². The maximum atomic E-state index is 12.9. The highest BCUT2D eigenvalue weighted by atomic mass is 35.5. The fourth-order valence-electron chi connectivity index (χ4n) is 3.88. The van der Waals surface area contributed by atoms with Crippen molar-refractivity contribution in [2.45, 2.75) is 17.9 Å². The molecular weight excluding hydrogens is 414 g/mol. The van der Waals surface area contributed by atoms with Gasteiger partial charge in [-0.1, -0.05) is 41.9 Å². The van der Waals surface area contributed by atoms with Gasteiger partial charge >= 0.3 is 5.97 Å². The quantitative estimate of drug-likeness (QED) is 0.726. The van der Waals surface area contributed by atoms with Crippen LogP contribution in [0.4, 0.5) is 5.69 Å². The molecule has 1 heterocycles. The van der Waals surface area contributed by atoms with Crippen molar-refractivity contribution in [3.05, 3.63) is 65.2 Å². The number of nitrogens with zero attached hydrogens (tertiary/aromatic N) is 2. The number of carbonyl (C=O) groups is 1. The molecule has 0 amide bonds. The molecule has 1 saturated heterocycles. The Bertz CT molecular complexity index is 992. The van der Waals surface area contributed by atoms with E-state index < -0.39 is 21.7 Å². The number of hydrogen-bond donors (Lipinski definition) is 2. The van der Waals surface area contributed by atoms with Gasteiger partial charge in [0.1, 0.15) is 5.54 Å². The molecule has 2 atom stereocenters. The van der Waals surface area contributed by atoms with Crippen LogP contribution in [0.25, 0.3) is 0 Å². The van der Waals surface area contributed by atoms with Gasteiger partial charge in [0.15, 0.2) is 0 Å². The standard InChI is InChI=1S/C20H22ClN3O4S/c21-16-6-8-17(9-7-16)23-10-12-24(13-11-23)29(27,28)22-20(19(25)26)14-18(20)15-4-2-1-3-5-15/h1-9,18,22H,10-14H2,(H,25,26). The molecule has 2 N–H and O–H groups in total. The van der Waals surface area contributed by atoms with Crippen LogP contribution in [0.5, 0.6) is 0 Å². The van der Waals surface area contributed by atoms with Crippen molar-refractivity contribution >= 4 is 33.5 Å². The second kappa shape index (κ2) is 7.60. The van der Waals surface area contributed by atoms with Crippen LogP contribution in [-0.2, 0) is 15.0 Å². The molecule has 2 aliphatic rings. The van der Waals surface area contributed by atoms with Crippen LogP contribution in [0.2, 0.25) is 5.02 Å². The zero-order valence-corrected chi connectivity index (χ0v) is 17.2. The van der Waals surface area contributed by atoms with Crippen molar-refractivity contribution in [3.63, 3.8) is 0 Å². The Balaban J connectivity index is 1.44. The summed E-state index contributed by atoms with van der Waals surface area (Å²) < 4.78 is 29.7. The summed E-state index contributed by atoms with van der Waals surface area (Å²) >= 11 is 5.92. The van der Waals surface area contributed by atoms with Gasteiger partial charge in [-0.05, 0) is 36.2 Å². The number of hydrogen-bond acceptors (Lipinski definition) is 4. The van der Waals surface area contributed by atoms with E-state index in [4.69, 9.17) is 11.6 Å². The topological polar surface area (TPSA) is 89.9 Å². The van der Waals surface area contributed by atoms with Crippen molar-refractivity contribution in [2.24, 2.45) is 0 Å². The van der Waals surface area contributed by atoms with Crippen molar-refractivity contribution < 1.29 is 18.3 Å². The molecule has 9 heteroatoms. The molecule has 2 unspecified atom stereocenters. The number of aliphatic carboxylic acids is 1. The largest absolute Gasteiger partial charge is 0.480 e. The molecule has 1 aliphatic carbocycles. The highest BCUT2D eigenvalue weighted by Gasteiger charge is 2.63. The van der Waals surface area contributed by atoms with Crippen molar-refractivity contribution in [2.75, 3.05) is 31.1 Å². The van der Waals surface area contributed by atoms with Gasteiger partial charge in [0.05, 0.1) is 0 Å². The first-order valence-electron chi connectivity index (χ1n) is 9.40. The first-order valence-corrected chi connectivity index (χ1v) is 11.2. The van der Waals surface area contributed by atoms with Gasteiger partial charge in [-0.25, -0.2) is 0 Å². The van der Waals surface area contributed by atoms with Crippen molar-refractivity contribution in [1.82, 2.24) is 9.03 Å². The number of carboxylic acids is 1. The molecule has 2 fully saturated rings. The summed E-state index contributed by atoms with van der Waals surface area (Å²) in [5, 5.41) is 10.4. The summed E-state index contributed by atoms with van der Waals surface area (Å²) in [5.74, 6) is -1.51. The van der Waals surface area contributed by atoms with Crippen LogP contribution in [0.3, 0.4) is 0 Å². The minimum atomic E-state index is -3.92. The molecule has 7 nitrogen and oxygen atoms in total. The Labute approximate surface area is 175 Å². The fraction of sp³-hybridized carbons (Fsp3) is 0.350. The first kappa shape index (κ1) is 20.2. The summed E-state index contributed by atoms with van der Waals surface area (Å²) in [7, 11) is -3.92. The lowest BCUT2D eigenvalue weighted by Gasteiger charge is -2.36. The van der Waals surface area contributed by atoms with E-state index >= 15 is 0 Å². The van der Waals surface area contributed by atoms with Gasteiger partial charge in [-0.2, -0.15) is 17.4 Å². The Morgan fingerprint density at radius 1 is 1.03 bits per heavy atom. The minimum absolute atomic E-state index is 0.246. The van der Waals surface area contributed by atoms with E-state index in [1.807, 2.05) is 42.5 Å². The molecule has 1 saturated carbocycles. The van der Waals surface area contributed by atoms with E-state index in [2.05, 4.69) is 9.62 Å². The van der Waals surface area contributed by atoms with Crippen molar-refractivity contribution in [1.29, 1.82) is 0 Å². The average molecular weight is 436 g/mol. The maximum Gasteiger partial charge on any atom is 0.325 e. The number of nitrogens with one attached hydrogen (secondary N) is 1. The Hall–Kier alpha value is -2.13. The lowest BCUT2D eigenvalue weighted by Crippen LogP contribution is -2.56. The number of anilines is 1. The van der Waals surface area contributed by atoms with Gasteiger partial charge in [-0.15, -0.1) is 0 Å². The highest BCUT2D eigenvalue weighted by Crippen LogP contribution is 2.52. The zero-order chi connectivity index (χ0) is 20.6. The molecule has 4 rings (SSSR count). The molecule has 0 radical (unpaired) electrons. The first-order chi connectivity index (χ1) is 13.8. The van der Waals surface area contributed by atoms with Crippen LogP contribution < -0.4 is 9.62 Å². The monoisotopic (exact) mass is 435 g/mol. The molecule has 0 aromatic heterocycles. The number of carboxylic acid groups (broad SMARTS) is 1. The Morgan fingerprint density at radius 2 is 1.66 bits per heavy atom. The SMILES string of the molecule is O=C(O)C1(NS(=O)(=O)N2CCN(c3ccc(Cl)cc3)CC2)CC1c1ccccc1. The van der Waals surface area contributed by atoms with Crippen LogP contribution in [0.1, 0.15) is 17.9 Å². The summed E-state index contributed by atoms with van der Waals surface area (Å²) in [6.07, 6.45) is 0.246. The third-order valence-electron chi connectivity index (χ3n) is 5.63. The molecule has 2 aromatic carbocycles. The molecular formula is C20H22ClN3O4S. The third-order valence-corrected chi connectivity index (χ3v) is 7.55. The zero-order valence-electron chi connectivity index (χ0n) is 15.7. The summed E-state index contributed by atoms with van der Waals surface area (Å²) in [5.41, 5.74) is 0.325. The molecule has 1 aliphatic heterocycles. The van der Waals surface area contributed by atoms with Crippen LogP contribution in [0, 0.1) is 0 Å². The lowest BCUT2D eigenvalue weighted by molar-refractivity contribution is -0.140. The molecule has 0 bridgehead atoms. The highest BCUT2D eigenvalue weighted by molar-refractivity contribution is 7.87. The normalized spacial score (nSPS) is 25.0. The smallest absolute Gasteiger partial charge is 0.325 e. The lowest BCUT2D eigenvalue weighted by atomic mass is 10.1. The molecule has 29 heavy (non-hydrogen) atoms. The molecule has 2 aromatic rings. The fourth-order valence-corrected chi connectivity index (χ4v) is 5.55. The van der Waals surface area contributed by atoms with Gasteiger partial charge in [0.2, 0.25) is 0 Å². The summed E-state index contributed by atoms with van der Waals surface area (Å²) in [6, 6.07) is 16.6.